The molecule has 2 aliphatic rings. The molecular formula is C22H24N4O4S. The largest absolute Gasteiger partial charge is 0.326 e. The van der Waals surface area contributed by atoms with Gasteiger partial charge >= 0.3 is 0 Å². The summed E-state index contributed by atoms with van der Waals surface area (Å²) in [5.41, 5.74) is 1.59. The van der Waals surface area contributed by atoms with Crippen LogP contribution in [0.3, 0.4) is 0 Å². The van der Waals surface area contributed by atoms with Gasteiger partial charge in [-0.2, -0.15) is 0 Å². The molecule has 2 aromatic carbocycles. The number of hydrogen-bond donors (Lipinski definition) is 3. The van der Waals surface area contributed by atoms with Crippen LogP contribution in [0.4, 0.5) is 11.4 Å². The number of aliphatic imine (C=N–C) groups is 1. The van der Waals surface area contributed by atoms with Crippen molar-refractivity contribution in [1.29, 1.82) is 0 Å². The quantitative estimate of drug-likeness (QED) is 0.640. The lowest BCUT2D eigenvalue weighted by Gasteiger charge is -2.18. The zero-order valence-electron chi connectivity index (χ0n) is 17.3. The predicted molar refractivity (Wildman–Crippen MR) is 118 cm³/mol. The zero-order chi connectivity index (χ0) is 22.2. The summed E-state index contributed by atoms with van der Waals surface area (Å²) in [4.78, 5) is 29.6. The van der Waals surface area contributed by atoms with E-state index in [1.54, 1.807) is 42.5 Å². The van der Waals surface area contributed by atoms with E-state index in [1.165, 1.54) is 6.07 Å². The maximum Gasteiger partial charge on any atom is 0.263 e. The van der Waals surface area contributed by atoms with Crippen molar-refractivity contribution in [3.8, 4) is 0 Å². The molecule has 0 saturated heterocycles. The second-order valence-electron chi connectivity index (χ2n) is 8.10. The second kappa shape index (κ2) is 8.14. The molecule has 1 saturated carbocycles. The van der Waals surface area contributed by atoms with Crippen molar-refractivity contribution >= 4 is 39.0 Å². The van der Waals surface area contributed by atoms with Gasteiger partial charge in [0.15, 0.2) is 0 Å². The van der Waals surface area contributed by atoms with Crippen LogP contribution < -0.4 is 15.4 Å². The lowest BCUT2D eigenvalue weighted by atomic mass is 10.0. The van der Waals surface area contributed by atoms with Crippen LogP contribution in [0.2, 0.25) is 0 Å². The Morgan fingerprint density at radius 1 is 1.03 bits per heavy atom. The van der Waals surface area contributed by atoms with Gasteiger partial charge in [0.2, 0.25) is 11.8 Å². The summed E-state index contributed by atoms with van der Waals surface area (Å²) in [6.07, 6.45) is 1.82. The smallest absolute Gasteiger partial charge is 0.263 e. The minimum absolute atomic E-state index is 0.0119. The van der Waals surface area contributed by atoms with Crippen LogP contribution in [0.1, 0.15) is 32.3 Å². The van der Waals surface area contributed by atoms with Gasteiger partial charge in [-0.1, -0.05) is 32.0 Å². The highest BCUT2D eigenvalue weighted by Gasteiger charge is 2.33. The highest BCUT2D eigenvalue weighted by atomic mass is 32.2. The van der Waals surface area contributed by atoms with Crippen LogP contribution in [0, 0.1) is 11.8 Å². The Balaban J connectivity index is 1.54. The van der Waals surface area contributed by atoms with Crippen LogP contribution in [0.25, 0.3) is 0 Å². The molecule has 8 nitrogen and oxygen atoms in total. The van der Waals surface area contributed by atoms with Crippen LogP contribution in [0.15, 0.2) is 58.4 Å². The molecule has 2 aromatic rings. The third-order valence-electron chi connectivity index (χ3n) is 5.18. The Bertz CT molecular complexity index is 1170. The van der Waals surface area contributed by atoms with E-state index in [1.807, 2.05) is 13.8 Å². The fourth-order valence-corrected chi connectivity index (χ4v) is 4.60. The molecule has 1 fully saturated rings. The van der Waals surface area contributed by atoms with Crippen LogP contribution in [-0.2, 0) is 19.6 Å². The number of hydrogen-bond acceptors (Lipinski definition) is 5. The van der Waals surface area contributed by atoms with Crippen molar-refractivity contribution in [2.75, 3.05) is 10.6 Å². The van der Waals surface area contributed by atoms with Crippen molar-refractivity contribution < 1.29 is 18.0 Å². The third kappa shape index (κ3) is 4.61. The summed E-state index contributed by atoms with van der Waals surface area (Å²) in [6.45, 7) is 3.69. The number of benzene rings is 2. The first-order valence-electron chi connectivity index (χ1n) is 10.2. The first kappa shape index (κ1) is 21.0. The Kier molecular flexibility index (Phi) is 5.53. The number of nitrogens with zero attached hydrogens (tertiary/aromatic N) is 1. The maximum atomic E-state index is 13.0. The summed E-state index contributed by atoms with van der Waals surface area (Å²) in [5.74, 6) is -0.311. The average molecular weight is 441 g/mol. The maximum absolute atomic E-state index is 13.0. The molecule has 0 radical (unpaired) electrons. The number of fused-ring (bicyclic) bond motifs is 1. The fraction of sp³-hybridized carbons (Fsp3) is 0.318. The third-order valence-corrected chi connectivity index (χ3v) is 6.57. The molecule has 1 atom stereocenters. The molecule has 0 bridgehead atoms. The molecule has 0 spiro atoms. The van der Waals surface area contributed by atoms with Gasteiger partial charge < -0.3 is 10.6 Å². The van der Waals surface area contributed by atoms with Gasteiger partial charge in [0, 0.05) is 22.9 Å². The molecule has 3 N–H and O–H groups in total. The van der Waals surface area contributed by atoms with E-state index < -0.39 is 16.1 Å². The first-order chi connectivity index (χ1) is 14.7. The number of carbonyl (C=O) groups excluding carboxylic acids is 2. The van der Waals surface area contributed by atoms with Crippen LogP contribution in [-0.4, -0.2) is 32.1 Å². The lowest BCUT2D eigenvalue weighted by Crippen LogP contribution is -2.34. The Morgan fingerprint density at radius 3 is 2.39 bits per heavy atom. The average Bonchev–Trinajstić information content (AvgIpc) is 3.53. The predicted octanol–water partition coefficient (Wildman–Crippen LogP) is 2.74. The summed E-state index contributed by atoms with van der Waals surface area (Å²) < 4.78 is 27.1. The van der Waals surface area contributed by atoms with Gasteiger partial charge in [-0.25, -0.2) is 8.42 Å². The molecule has 0 unspecified atom stereocenters. The highest BCUT2D eigenvalue weighted by molar-refractivity contribution is 7.90. The number of rotatable bonds is 6. The van der Waals surface area contributed by atoms with Gasteiger partial charge in [-0.05, 0) is 49.1 Å². The van der Waals surface area contributed by atoms with E-state index in [0.717, 1.165) is 12.8 Å². The van der Waals surface area contributed by atoms with E-state index in [-0.39, 0.29) is 34.4 Å². The molecule has 162 valence electrons. The monoisotopic (exact) mass is 440 g/mol. The number of carbonyl (C=O) groups is 2. The van der Waals surface area contributed by atoms with Gasteiger partial charge in [-0.15, -0.1) is 0 Å². The SMILES string of the molecule is CC(C)[C@H](N=C1NS(=O)(=O)c2ccccc21)C(=O)Nc1cccc(NC(=O)C2CC2)c1. The normalized spacial score (nSPS) is 18.9. The Hall–Kier alpha value is -3.20. The Labute approximate surface area is 181 Å². The molecule has 1 heterocycles. The lowest BCUT2D eigenvalue weighted by molar-refractivity contribution is -0.118. The molecule has 2 amide bonds. The number of amides is 2. The van der Waals surface area contributed by atoms with Crippen LogP contribution >= 0.6 is 0 Å². The number of sulfonamides is 1. The van der Waals surface area contributed by atoms with Crippen molar-refractivity contribution in [3.05, 3.63) is 54.1 Å². The number of anilines is 2. The van der Waals surface area contributed by atoms with Gasteiger partial charge in [0.25, 0.3) is 10.0 Å². The van der Waals surface area contributed by atoms with Crippen molar-refractivity contribution in [3.63, 3.8) is 0 Å². The summed E-state index contributed by atoms with van der Waals surface area (Å²) in [5, 5.41) is 5.68. The van der Waals surface area contributed by atoms with Crippen molar-refractivity contribution in [2.45, 2.75) is 37.6 Å². The molecule has 31 heavy (non-hydrogen) atoms. The molecule has 1 aliphatic heterocycles. The molecule has 9 heteroatoms. The summed E-state index contributed by atoms with van der Waals surface area (Å²) >= 11 is 0. The van der Waals surface area contributed by atoms with Crippen LogP contribution in [0.5, 0.6) is 0 Å². The van der Waals surface area contributed by atoms with Crippen molar-refractivity contribution in [1.82, 2.24) is 4.72 Å². The van der Waals surface area contributed by atoms with E-state index in [4.69, 9.17) is 0 Å². The molecule has 0 aromatic heterocycles. The Morgan fingerprint density at radius 2 is 1.71 bits per heavy atom. The van der Waals surface area contributed by atoms with Gasteiger partial charge in [0.05, 0.1) is 4.90 Å². The van der Waals surface area contributed by atoms with E-state index in [2.05, 4.69) is 20.3 Å². The minimum Gasteiger partial charge on any atom is -0.326 e. The van der Waals surface area contributed by atoms with E-state index >= 15 is 0 Å². The molecule has 1 aliphatic carbocycles. The van der Waals surface area contributed by atoms with E-state index in [9.17, 15) is 18.0 Å². The van der Waals surface area contributed by atoms with Gasteiger partial charge in [-0.3, -0.25) is 19.3 Å². The van der Waals surface area contributed by atoms with Gasteiger partial charge in [0.1, 0.15) is 11.9 Å². The number of nitrogens with one attached hydrogen (secondary N) is 3. The topological polar surface area (TPSA) is 117 Å². The van der Waals surface area contributed by atoms with Crippen molar-refractivity contribution in [2.24, 2.45) is 16.8 Å². The molecular weight excluding hydrogens is 416 g/mol. The fourth-order valence-electron chi connectivity index (χ4n) is 3.36. The molecule has 4 rings (SSSR count). The zero-order valence-corrected chi connectivity index (χ0v) is 18.1. The van der Waals surface area contributed by atoms with E-state index in [0.29, 0.717) is 16.9 Å². The summed E-state index contributed by atoms with van der Waals surface area (Å²) in [7, 11) is -3.68. The standard InChI is InChI=1S/C22H24N4O4S/c1-13(2)19(25-20-17-8-3-4-9-18(17)31(29,30)26-20)22(28)24-16-7-5-6-15(12-16)23-21(27)14-10-11-14/h3-9,12-14,19H,10-11H2,1-2H3,(H,23,27)(H,24,28)(H,25,26)/t19-/m0/s1. The highest BCUT2D eigenvalue weighted by Crippen LogP contribution is 2.30. The summed E-state index contributed by atoms with van der Waals surface area (Å²) in [6, 6.07) is 12.6. The number of amidine groups is 1. The first-order valence-corrected chi connectivity index (χ1v) is 11.6. The second-order valence-corrected chi connectivity index (χ2v) is 9.75. The minimum atomic E-state index is -3.68.